The minimum Gasteiger partial charge on any atom is -0.493 e. The van der Waals surface area contributed by atoms with Gasteiger partial charge in [0.1, 0.15) is 0 Å². The standard InChI is InChI=1S/C14H23NO2/c1-5-12(6-2)15-10-11-8-7-9-13(16-3)14(11)17-4/h7-9,12,15H,5-6,10H2,1-4H3. The van der Waals surface area contributed by atoms with Crippen molar-refractivity contribution in [1.82, 2.24) is 5.32 Å². The third-order valence-corrected chi connectivity index (χ3v) is 3.05. The lowest BCUT2D eigenvalue weighted by molar-refractivity contribution is 0.349. The van der Waals surface area contributed by atoms with Gasteiger partial charge in [-0.3, -0.25) is 0 Å². The van der Waals surface area contributed by atoms with Crippen LogP contribution in [-0.4, -0.2) is 20.3 Å². The number of para-hydroxylation sites is 1. The summed E-state index contributed by atoms with van der Waals surface area (Å²) in [5.74, 6) is 1.62. The van der Waals surface area contributed by atoms with Crippen LogP contribution in [-0.2, 0) is 6.54 Å². The smallest absolute Gasteiger partial charge is 0.165 e. The van der Waals surface area contributed by atoms with E-state index in [1.54, 1.807) is 14.2 Å². The molecule has 0 radical (unpaired) electrons. The summed E-state index contributed by atoms with van der Waals surface area (Å²) in [5, 5.41) is 3.53. The Labute approximate surface area is 104 Å². The zero-order valence-electron chi connectivity index (χ0n) is 11.2. The molecule has 0 aliphatic rings. The van der Waals surface area contributed by atoms with Gasteiger partial charge in [-0.1, -0.05) is 26.0 Å². The van der Waals surface area contributed by atoms with E-state index >= 15 is 0 Å². The van der Waals surface area contributed by atoms with Gasteiger partial charge in [0.05, 0.1) is 14.2 Å². The molecule has 1 aromatic rings. The molecule has 1 rings (SSSR count). The van der Waals surface area contributed by atoms with E-state index in [0.717, 1.165) is 36.4 Å². The molecule has 17 heavy (non-hydrogen) atoms. The minimum absolute atomic E-state index is 0.561. The van der Waals surface area contributed by atoms with Gasteiger partial charge in [-0.05, 0) is 18.9 Å². The summed E-state index contributed by atoms with van der Waals surface area (Å²) < 4.78 is 10.7. The van der Waals surface area contributed by atoms with Crippen LogP contribution in [0.3, 0.4) is 0 Å². The Kier molecular flexibility index (Phi) is 5.84. The quantitative estimate of drug-likeness (QED) is 0.791. The van der Waals surface area contributed by atoms with Crippen LogP contribution in [0.5, 0.6) is 11.5 Å². The largest absolute Gasteiger partial charge is 0.493 e. The molecular formula is C14H23NO2. The van der Waals surface area contributed by atoms with Crippen molar-refractivity contribution >= 4 is 0 Å². The van der Waals surface area contributed by atoms with Gasteiger partial charge in [0, 0.05) is 18.2 Å². The van der Waals surface area contributed by atoms with Gasteiger partial charge in [-0.15, -0.1) is 0 Å². The van der Waals surface area contributed by atoms with Crippen LogP contribution in [0, 0.1) is 0 Å². The topological polar surface area (TPSA) is 30.5 Å². The second kappa shape index (κ2) is 7.17. The molecule has 0 heterocycles. The highest BCUT2D eigenvalue weighted by molar-refractivity contribution is 5.46. The average molecular weight is 237 g/mol. The lowest BCUT2D eigenvalue weighted by Crippen LogP contribution is -2.27. The molecule has 3 nitrogen and oxygen atoms in total. The SMILES string of the molecule is CCC(CC)NCc1cccc(OC)c1OC. The van der Waals surface area contributed by atoms with Gasteiger partial charge in [0.15, 0.2) is 11.5 Å². The lowest BCUT2D eigenvalue weighted by atomic mass is 10.1. The Morgan fingerprint density at radius 1 is 1.12 bits per heavy atom. The second-order valence-corrected chi connectivity index (χ2v) is 4.05. The molecule has 0 aliphatic heterocycles. The predicted molar refractivity (Wildman–Crippen MR) is 70.8 cm³/mol. The number of hydrogen-bond donors (Lipinski definition) is 1. The number of benzene rings is 1. The zero-order valence-corrected chi connectivity index (χ0v) is 11.2. The van der Waals surface area contributed by atoms with Crippen LogP contribution in [0.15, 0.2) is 18.2 Å². The Hall–Kier alpha value is -1.22. The summed E-state index contributed by atoms with van der Waals surface area (Å²) in [5.41, 5.74) is 1.14. The van der Waals surface area contributed by atoms with Crippen LogP contribution in [0.2, 0.25) is 0 Å². The van der Waals surface area contributed by atoms with E-state index in [2.05, 4.69) is 25.2 Å². The van der Waals surface area contributed by atoms with Gasteiger partial charge in [0.25, 0.3) is 0 Å². The Morgan fingerprint density at radius 2 is 1.82 bits per heavy atom. The molecule has 0 amide bonds. The normalized spacial score (nSPS) is 10.6. The van der Waals surface area contributed by atoms with E-state index in [-0.39, 0.29) is 0 Å². The van der Waals surface area contributed by atoms with Crippen LogP contribution in [0.4, 0.5) is 0 Å². The third-order valence-electron chi connectivity index (χ3n) is 3.05. The van der Waals surface area contributed by atoms with E-state index in [4.69, 9.17) is 9.47 Å². The average Bonchev–Trinajstić information content (AvgIpc) is 2.39. The monoisotopic (exact) mass is 237 g/mol. The van der Waals surface area contributed by atoms with E-state index in [9.17, 15) is 0 Å². The summed E-state index contributed by atoms with van der Waals surface area (Å²) in [6.07, 6.45) is 2.28. The van der Waals surface area contributed by atoms with Crippen LogP contribution in [0.25, 0.3) is 0 Å². The molecule has 1 N–H and O–H groups in total. The van der Waals surface area contributed by atoms with Crippen LogP contribution >= 0.6 is 0 Å². The van der Waals surface area contributed by atoms with Gasteiger partial charge in [-0.2, -0.15) is 0 Å². The van der Waals surface area contributed by atoms with Crippen molar-refractivity contribution in [2.75, 3.05) is 14.2 Å². The first kappa shape index (κ1) is 13.8. The first-order valence-corrected chi connectivity index (χ1v) is 6.20. The van der Waals surface area contributed by atoms with Crippen molar-refractivity contribution in [3.63, 3.8) is 0 Å². The van der Waals surface area contributed by atoms with Crippen LogP contribution < -0.4 is 14.8 Å². The van der Waals surface area contributed by atoms with Gasteiger partial charge < -0.3 is 14.8 Å². The number of rotatable bonds is 7. The van der Waals surface area contributed by atoms with Gasteiger partial charge >= 0.3 is 0 Å². The summed E-state index contributed by atoms with van der Waals surface area (Å²) in [6, 6.07) is 6.53. The lowest BCUT2D eigenvalue weighted by Gasteiger charge is -2.17. The summed E-state index contributed by atoms with van der Waals surface area (Å²) in [7, 11) is 3.34. The number of ether oxygens (including phenoxy) is 2. The maximum atomic E-state index is 5.40. The number of hydrogen-bond acceptors (Lipinski definition) is 3. The van der Waals surface area contributed by atoms with E-state index in [1.807, 2.05) is 12.1 Å². The van der Waals surface area contributed by atoms with Crippen molar-refractivity contribution in [2.24, 2.45) is 0 Å². The molecule has 1 aromatic carbocycles. The fourth-order valence-corrected chi connectivity index (χ4v) is 1.92. The molecule has 96 valence electrons. The zero-order chi connectivity index (χ0) is 12.7. The number of methoxy groups -OCH3 is 2. The third kappa shape index (κ3) is 3.63. The highest BCUT2D eigenvalue weighted by Gasteiger charge is 2.10. The minimum atomic E-state index is 0.561. The van der Waals surface area contributed by atoms with Crippen LogP contribution in [0.1, 0.15) is 32.3 Å². The van der Waals surface area contributed by atoms with E-state index in [0.29, 0.717) is 6.04 Å². The molecule has 0 saturated carbocycles. The Morgan fingerprint density at radius 3 is 2.35 bits per heavy atom. The van der Waals surface area contributed by atoms with Crippen molar-refractivity contribution < 1.29 is 9.47 Å². The van der Waals surface area contributed by atoms with Gasteiger partial charge in [-0.25, -0.2) is 0 Å². The summed E-state index contributed by atoms with van der Waals surface area (Å²) >= 11 is 0. The first-order chi connectivity index (χ1) is 8.26. The molecular weight excluding hydrogens is 214 g/mol. The summed E-state index contributed by atoms with van der Waals surface area (Å²) in [6.45, 7) is 5.21. The molecule has 0 aromatic heterocycles. The maximum Gasteiger partial charge on any atom is 0.165 e. The van der Waals surface area contributed by atoms with Gasteiger partial charge in [0.2, 0.25) is 0 Å². The first-order valence-electron chi connectivity index (χ1n) is 6.20. The fraction of sp³-hybridized carbons (Fsp3) is 0.571. The maximum absolute atomic E-state index is 5.40. The molecule has 0 spiro atoms. The van der Waals surface area contributed by atoms with Crippen molar-refractivity contribution in [2.45, 2.75) is 39.3 Å². The predicted octanol–water partition coefficient (Wildman–Crippen LogP) is 2.98. The molecule has 0 saturated heterocycles. The molecule has 0 bridgehead atoms. The molecule has 0 aliphatic carbocycles. The van der Waals surface area contributed by atoms with Crippen molar-refractivity contribution in [3.05, 3.63) is 23.8 Å². The molecule has 3 heteroatoms. The highest BCUT2D eigenvalue weighted by Crippen LogP contribution is 2.30. The summed E-state index contributed by atoms with van der Waals surface area (Å²) in [4.78, 5) is 0. The Balaban J connectivity index is 2.76. The molecule has 0 unspecified atom stereocenters. The molecule has 0 atom stereocenters. The van der Waals surface area contributed by atoms with E-state index in [1.165, 1.54) is 0 Å². The number of nitrogens with one attached hydrogen (secondary N) is 1. The fourth-order valence-electron chi connectivity index (χ4n) is 1.92. The van der Waals surface area contributed by atoms with E-state index < -0.39 is 0 Å². The van der Waals surface area contributed by atoms with Crippen molar-refractivity contribution in [1.29, 1.82) is 0 Å². The highest BCUT2D eigenvalue weighted by atomic mass is 16.5. The Bertz CT molecular complexity index is 335. The van der Waals surface area contributed by atoms with Crippen molar-refractivity contribution in [3.8, 4) is 11.5 Å². The molecule has 0 fully saturated rings. The second-order valence-electron chi connectivity index (χ2n) is 4.05.